The highest BCUT2D eigenvalue weighted by Crippen LogP contribution is 2.23. The third kappa shape index (κ3) is 4.48. The molecule has 1 amide bonds. The molecule has 2 aromatic heterocycles. The first kappa shape index (κ1) is 17.7. The van der Waals surface area contributed by atoms with Crippen molar-refractivity contribution in [2.45, 2.75) is 38.0 Å². The van der Waals surface area contributed by atoms with E-state index in [-0.39, 0.29) is 11.9 Å². The van der Waals surface area contributed by atoms with Crippen molar-refractivity contribution < 1.29 is 13.6 Å². The Morgan fingerprint density at radius 2 is 2.36 bits per heavy atom. The quantitative estimate of drug-likeness (QED) is 0.768. The zero-order chi connectivity index (χ0) is 17.8. The van der Waals surface area contributed by atoms with Gasteiger partial charge in [0.15, 0.2) is 0 Å². The third-order valence-corrected chi connectivity index (χ3v) is 4.86. The molecule has 3 rings (SSSR count). The van der Waals surface area contributed by atoms with Crippen LogP contribution >= 0.6 is 0 Å². The maximum atomic E-state index is 14.0. The number of rotatable bonds is 7. The molecule has 0 aromatic carbocycles. The van der Waals surface area contributed by atoms with Gasteiger partial charge in [-0.2, -0.15) is 0 Å². The molecule has 0 aliphatic carbocycles. The van der Waals surface area contributed by atoms with Gasteiger partial charge in [0, 0.05) is 52.0 Å². The van der Waals surface area contributed by atoms with Gasteiger partial charge in [0.05, 0.1) is 19.1 Å². The van der Waals surface area contributed by atoms with Gasteiger partial charge in [-0.1, -0.05) is 0 Å². The van der Waals surface area contributed by atoms with Crippen LogP contribution in [0.3, 0.4) is 0 Å². The largest absolute Gasteiger partial charge is 0.472 e. The van der Waals surface area contributed by atoms with Crippen LogP contribution in [0, 0.1) is 0 Å². The molecule has 0 spiro atoms. The summed E-state index contributed by atoms with van der Waals surface area (Å²) in [6, 6.07) is 1.89. The van der Waals surface area contributed by atoms with Crippen LogP contribution in [0.2, 0.25) is 0 Å². The highest BCUT2D eigenvalue weighted by molar-refractivity contribution is 5.76. The van der Waals surface area contributed by atoms with Crippen LogP contribution in [0.5, 0.6) is 0 Å². The first-order valence-corrected chi connectivity index (χ1v) is 8.62. The van der Waals surface area contributed by atoms with Crippen LogP contribution < -0.4 is 0 Å². The lowest BCUT2D eigenvalue weighted by Crippen LogP contribution is -2.41. The van der Waals surface area contributed by atoms with Crippen LogP contribution in [0.25, 0.3) is 0 Å². The Morgan fingerprint density at radius 3 is 3.04 bits per heavy atom. The van der Waals surface area contributed by atoms with E-state index in [0.717, 1.165) is 11.4 Å². The molecular weight excluding hydrogens is 323 g/mol. The second-order valence-corrected chi connectivity index (χ2v) is 6.78. The van der Waals surface area contributed by atoms with Gasteiger partial charge in [0.25, 0.3) is 0 Å². The lowest BCUT2D eigenvalue weighted by Gasteiger charge is -2.28. The number of aryl methyl sites for hydroxylation is 2. The number of carbonyl (C=O) groups is 1. The van der Waals surface area contributed by atoms with Gasteiger partial charge in [-0.25, -0.2) is 9.37 Å². The Morgan fingerprint density at radius 1 is 1.52 bits per heavy atom. The van der Waals surface area contributed by atoms with Gasteiger partial charge in [0.1, 0.15) is 12.0 Å². The van der Waals surface area contributed by atoms with Crippen molar-refractivity contribution in [2.24, 2.45) is 7.05 Å². The molecule has 0 saturated carbocycles. The molecule has 0 radical (unpaired) electrons. The number of carbonyl (C=O) groups excluding carboxylic acids is 1. The minimum absolute atomic E-state index is 0.0228. The highest BCUT2D eigenvalue weighted by atomic mass is 19.1. The monoisotopic (exact) mass is 348 g/mol. The molecule has 3 heterocycles. The summed E-state index contributed by atoms with van der Waals surface area (Å²) in [6.07, 6.45) is 7.61. The maximum absolute atomic E-state index is 14.0. The molecule has 0 unspecified atom stereocenters. The molecule has 6 nitrogen and oxygen atoms in total. The van der Waals surface area contributed by atoms with E-state index in [1.54, 1.807) is 30.7 Å². The van der Waals surface area contributed by atoms with Crippen LogP contribution in [0.1, 0.15) is 24.2 Å². The number of aromatic nitrogens is 2. The number of amides is 1. The summed E-state index contributed by atoms with van der Waals surface area (Å²) in [7, 11) is 3.73. The lowest BCUT2D eigenvalue weighted by molar-refractivity contribution is -0.130. The zero-order valence-electron chi connectivity index (χ0n) is 14.8. The Kier molecular flexibility index (Phi) is 5.53. The molecule has 0 bridgehead atoms. The van der Waals surface area contributed by atoms with Crippen molar-refractivity contribution in [3.8, 4) is 0 Å². The summed E-state index contributed by atoms with van der Waals surface area (Å²) in [5, 5.41) is 0. The minimum Gasteiger partial charge on any atom is -0.472 e. The summed E-state index contributed by atoms with van der Waals surface area (Å²) in [5.41, 5.74) is 1.02. The van der Waals surface area contributed by atoms with Gasteiger partial charge >= 0.3 is 0 Å². The molecule has 1 saturated heterocycles. The Hall–Kier alpha value is -2.15. The third-order valence-electron chi connectivity index (χ3n) is 4.86. The summed E-state index contributed by atoms with van der Waals surface area (Å²) in [5.74, 6) is 0.980. The molecule has 1 aliphatic rings. The van der Waals surface area contributed by atoms with Crippen molar-refractivity contribution in [1.29, 1.82) is 0 Å². The van der Waals surface area contributed by atoms with E-state index in [1.807, 2.05) is 23.9 Å². The summed E-state index contributed by atoms with van der Waals surface area (Å²) in [6.45, 7) is 1.54. The molecule has 7 heteroatoms. The first-order valence-electron chi connectivity index (χ1n) is 8.62. The van der Waals surface area contributed by atoms with Crippen molar-refractivity contribution >= 4 is 5.91 Å². The maximum Gasteiger partial charge on any atom is 0.222 e. The highest BCUT2D eigenvalue weighted by Gasteiger charge is 2.34. The Labute approximate surface area is 147 Å². The lowest BCUT2D eigenvalue weighted by atomic mass is 10.1. The van der Waals surface area contributed by atoms with Crippen LogP contribution in [0.15, 0.2) is 35.4 Å². The van der Waals surface area contributed by atoms with Crippen LogP contribution in [-0.4, -0.2) is 57.6 Å². The Balaban J connectivity index is 1.53. The number of nitrogens with zero attached hydrogens (tertiary/aromatic N) is 4. The van der Waals surface area contributed by atoms with E-state index in [0.29, 0.717) is 38.9 Å². The molecule has 136 valence electrons. The zero-order valence-corrected chi connectivity index (χ0v) is 14.8. The van der Waals surface area contributed by atoms with E-state index in [2.05, 4.69) is 9.88 Å². The minimum atomic E-state index is -0.847. The smallest absolute Gasteiger partial charge is 0.222 e. The fourth-order valence-corrected chi connectivity index (χ4v) is 3.33. The number of furan rings is 1. The van der Waals surface area contributed by atoms with E-state index < -0.39 is 6.17 Å². The summed E-state index contributed by atoms with van der Waals surface area (Å²) in [4.78, 5) is 20.5. The summed E-state index contributed by atoms with van der Waals surface area (Å²) < 4.78 is 20.9. The number of halogens is 1. The average molecular weight is 348 g/mol. The number of likely N-dealkylation sites (tertiary alicyclic amines) is 1. The molecule has 25 heavy (non-hydrogen) atoms. The van der Waals surface area contributed by atoms with E-state index in [9.17, 15) is 9.18 Å². The molecule has 0 N–H and O–H groups in total. The number of likely N-dealkylation sites (N-methyl/N-ethyl adjacent to an activating group) is 1. The van der Waals surface area contributed by atoms with Crippen molar-refractivity contribution in [3.05, 3.63) is 42.4 Å². The predicted molar refractivity (Wildman–Crippen MR) is 91.6 cm³/mol. The normalized spacial score (nSPS) is 20.9. The fraction of sp³-hybridized carbons (Fsp3) is 0.556. The topological polar surface area (TPSA) is 54.5 Å². The number of hydrogen-bond donors (Lipinski definition) is 0. The van der Waals surface area contributed by atoms with Crippen molar-refractivity contribution in [1.82, 2.24) is 19.4 Å². The molecule has 2 atom stereocenters. The van der Waals surface area contributed by atoms with E-state index in [4.69, 9.17) is 4.42 Å². The fourth-order valence-electron chi connectivity index (χ4n) is 3.33. The number of alkyl halides is 1. The van der Waals surface area contributed by atoms with Gasteiger partial charge < -0.3 is 13.9 Å². The Bertz CT molecular complexity index is 685. The van der Waals surface area contributed by atoms with Gasteiger partial charge in [-0.3, -0.25) is 9.69 Å². The van der Waals surface area contributed by atoms with Crippen molar-refractivity contribution in [3.63, 3.8) is 0 Å². The standard InChI is InChI=1S/C18H25FN4O2/c1-21-7-6-20-17(21)12-23-10-15(19)9-16(23)11-22(2)18(24)4-3-14-5-8-25-13-14/h5-8,13,15-16H,3-4,9-12H2,1-2H3/t15-,16-/m0/s1. The number of hydrogen-bond acceptors (Lipinski definition) is 4. The van der Waals surface area contributed by atoms with E-state index in [1.165, 1.54) is 0 Å². The second-order valence-electron chi connectivity index (χ2n) is 6.78. The molecule has 1 fully saturated rings. The molecular formula is C18H25FN4O2. The van der Waals surface area contributed by atoms with Gasteiger partial charge in [-0.15, -0.1) is 0 Å². The molecule has 2 aromatic rings. The van der Waals surface area contributed by atoms with Crippen LogP contribution in [0.4, 0.5) is 4.39 Å². The van der Waals surface area contributed by atoms with Crippen molar-refractivity contribution in [2.75, 3.05) is 20.1 Å². The second kappa shape index (κ2) is 7.82. The molecule has 1 aliphatic heterocycles. The van der Waals surface area contributed by atoms with Crippen LogP contribution in [-0.2, 0) is 24.8 Å². The predicted octanol–water partition coefficient (Wildman–Crippen LogP) is 2.02. The first-order chi connectivity index (χ1) is 12.0. The average Bonchev–Trinajstić information content (AvgIpc) is 3.29. The number of imidazole rings is 1. The van der Waals surface area contributed by atoms with Gasteiger partial charge in [0.2, 0.25) is 5.91 Å². The van der Waals surface area contributed by atoms with Gasteiger partial charge in [-0.05, 0) is 24.5 Å². The summed E-state index contributed by atoms with van der Waals surface area (Å²) >= 11 is 0. The van der Waals surface area contributed by atoms with E-state index >= 15 is 0 Å². The SMILES string of the molecule is CN(C[C@@H]1C[C@H](F)CN1Cc1nccn1C)C(=O)CCc1ccoc1.